The van der Waals surface area contributed by atoms with Crippen LogP contribution in [0.2, 0.25) is 0 Å². The molecule has 0 unspecified atom stereocenters. The summed E-state index contributed by atoms with van der Waals surface area (Å²) in [4.78, 5) is 12.0. The fraction of sp³-hybridized carbons (Fsp3) is 0.409. The van der Waals surface area contributed by atoms with Crippen LogP contribution in [0.15, 0.2) is 53.4 Å². The molecule has 2 aromatic carbocycles. The van der Waals surface area contributed by atoms with Crippen LogP contribution >= 0.6 is 0 Å². The number of aryl methyl sites for hydroxylation is 1. The van der Waals surface area contributed by atoms with Crippen LogP contribution in [0.25, 0.3) is 0 Å². The number of piperidine rings is 1. The Morgan fingerprint density at radius 2 is 1.81 bits per heavy atom. The molecule has 0 aromatic heterocycles. The van der Waals surface area contributed by atoms with Gasteiger partial charge in [-0.2, -0.15) is 17.5 Å². The van der Waals surface area contributed by atoms with Gasteiger partial charge in [0.25, 0.3) is 0 Å². The minimum Gasteiger partial charge on any atom is -0.491 e. The summed E-state index contributed by atoms with van der Waals surface area (Å²) in [5, 5.41) is 2.79. The second-order valence-corrected chi connectivity index (χ2v) is 9.55. The van der Waals surface area contributed by atoms with E-state index in [4.69, 9.17) is 4.74 Å². The van der Waals surface area contributed by atoms with Gasteiger partial charge in [-0.1, -0.05) is 24.3 Å². The Kier molecular flexibility index (Phi) is 7.45. The lowest BCUT2D eigenvalue weighted by Gasteiger charge is -2.30. The van der Waals surface area contributed by atoms with Gasteiger partial charge in [0.2, 0.25) is 15.9 Å². The number of rotatable bonds is 7. The highest BCUT2D eigenvalue weighted by molar-refractivity contribution is 7.89. The van der Waals surface area contributed by atoms with Crippen LogP contribution in [0.1, 0.15) is 24.0 Å². The van der Waals surface area contributed by atoms with Crippen molar-refractivity contribution in [1.82, 2.24) is 9.62 Å². The first-order valence-electron chi connectivity index (χ1n) is 10.2. The maximum Gasteiger partial charge on any atom is 0.416 e. The lowest BCUT2D eigenvalue weighted by atomic mass is 9.97. The topological polar surface area (TPSA) is 75.7 Å². The van der Waals surface area contributed by atoms with Crippen LogP contribution in [0.5, 0.6) is 5.75 Å². The molecule has 0 bridgehead atoms. The number of nitrogens with zero attached hydrogens (tertiary/aromatic N) is 1. The second kappa shape index (κ2) is 9.91. The highest BCUT2D eigenvalue weighted by Crippen LogP contribution is 2.32. The van der Waals surface area contributed by atoms with Crippen LogP contribution in [0.4, 0.5) is 13.2 Å². The van der Waals surface area contributed by atoms with E-state index in [0.29, 0.717) is 32.1 Å². The quantitative estimate of drug-likeness (QED) is 0.628. The summed E-state index contributed by atoms with van der Waals surface area (Å²) in [5.41, 5.74) is -0.0195. The summed E-state index contributed by atoms with van der Waals surface area (Å²) in [6.45, 7) is 2.68. The molecule has 1 saturated heterocycles. The molecule has 0 radical (unpaired) electrons. The van der Waals surface area contributed by atoms with E-state index in [1.807, 2.05) is 31.2 Å². The summed E-state index contributed by atoms with van der Waals surface area (Å²) in [7, 11) is -4.07. The smallest absolute Gasteiger partial charge is 0.416 e. The van der Waals surface area contributed by atoms with Crippen molar-refractivity contribution in [2.75, 3.05) is 26.2 Å². The maximum absolute atomic E-state index is 12.9. The highest BCUT2D eigenvalue weighted by atomic mass is 32.2. The lowest BCUT2D eigenvalue weighted by Crippen LogP contribution is -2.43. The average molecular weight is 471 g/mol. The Labute approximate surface area is 185 Å². The van der Waals surface area contributed by atoms with E-state index in [0.717, 1.165) is 33.8 Å². The standard InChI is InChI=1S/C22H25F3N2O4S/c1-16-5-2-3-8-20(16)31-14-11-26-21(28)17-9-12-27(13-10-17)32(29,30)19-7-4-6-18(15-19)22(23,24)25/h2-8,15,17H,9-14H2,1H3,(H,26,28). The van der Waals surface area contributed by atoms with Crippen LogP contribution in [0.3, 0.4) is 0 Å². The van der Waals surface area contributed by atoms with E-state index >= 15 is 0 Å². The first kappa shape index (κ1) is 24.1. The van der Waals surface area contributed by atoms with E-state index in [2.05, 4.69) is 5.32 Å². The fourth-order valence-corrected chi connectivity index (χ4v) is 5.05. The molecule has 174 valence electrons. The zero-order valence-corrected chi connectivity index (χ0v) is 18.4. The van der Waals surface area contributed by atoms with Gasteiger partial charge in [0.1, 0.15) is 12.4 Å². The van der Waals surface area contributed by atoms with Crippen molar-refractivity contribution < 1.29 is 31.1 Å². The number of halogens is 3. The van der Waals surface area contributed by atoms with E-state index in [1.165, 1.54) is 0 Å². The third-order valence-corrected chi connectivity index (χ3v) is 7.27. The van der Waals surface area contributed by atoms with Gasteiger partial charge in [0.05, 0.1) is 17.0 Å². The van der Waals surface area contributed by atoms with Gasteiger partial charge in [-0.25, -0.2) is 8.42 Å². The van der Waals surface area contributed by atoms with Gasteiger partial charge >= 0.3 is 6.18 Å². The third kappa shape index (κ3) is 5.80. The Balaban J connectivity index is 1.50. The first-order valence-corrected chi connectivity index (χ1v) is 11.7. The molecule has 0 aliphatic carbocycles. The van der Waals surface area contributed by atoms with Crippen molar-refractivity contribution in [2.45, 2.75) is 30.8 Å². The Morgan fingerprint density at radius 3 is 2.47 bits per heavy atom. The minimum absolute atomic E-state index is 0.0658. The van der Waals surface area contributed by atoms with Gasteiger partial charge in [0.15, 0.2) is 0 Å². The molecular formula is C22H25F3N2O4S. The molecule has 2 aromatic rings. The number of sulfonamides is 1. The van der Waals surface area contributed by atoms with Crippen molar-refractivity contribution in [1.29, 1.82) is 0 Å². The molecule has 10 heteroatoms. The first-order chi connectivity index (χ1) is 15.1. The molecule has 1 aliphatic heterocycles. The second-order valence-electron chi connectivity index (χ2n) is 7.61. The van der Waals surface area contributed by atoms with Gasteiger partial charge in [-0.15, -0.1) is 0 Å². The highest BCUT2D eigenvalue weighted by Gasteiger charge is 2.35. The third-order valence-electron chi connectivity index (χ3n) is 5.38. The van der Waals surface area contributed by atoms with E-state index in [-0.39, 0.29) is 24.9 Å². The fourth-order valence-electron chi connectivity index (χ4n) is 3.54. The van der Waals surface area contributed by atoms with Gasteiger partial charge < -0.3 is 10.1 Å². The van der Waals surface area contributed by atoms with Crippen LogP contribution in [0, 0.1) is 12.8 Å². The number of nitrogens with one attached hydrogen (secondary N) is 1. The zero-order chi connectivity index (χ0) is 23.4. The van der Waals surface area contributed by atoms with Crippen molar-refractivity contribution in [2.24, 2.45) is 5.92 Å². The molecule has 1 aliphatic rings. The summed E-state index contributed by atoms with van der Waals surface area (Å²) in [5.74, 6) is 0.200. The Hall–Kier alpha value is -2.59. The van der Waals surface area contributed by atoms with Crippen molar-refractivity contribution in [3.05, 3.63) is 59.7 Å². The summed E-state index contributed by atoms with van der Waals surface area (Å²) >= 11 is 0. The molecule has 32 heavy (non-hydrogen) atoms. The molecule has 3 rings (SSSR count). The number of hydrogen-bond donors (Lipinski definition) is 1. The van der Waals surface area contributed by atoms with Crippen molar-refractivity contribution in [3.63, 3.8) is 0 Å². The molecule has 1 heterocycles. The van der Waals surface area contributed by atoms with E-state index < -0.39 is 26.7 Å². The molecule has 0 atom stereocenters. The SMILES string of the molecule is Cc1ccccc1OCCNC(=O)C1CCN(S(=O)(=O)c2cccc(C(F)(F)F)c2)CC1. The van der Waals surface area contributed by atoms with E-state index in [9.17, 15) is 26.4 Å². The number of amides is 1. The summed E-state index contributed by atoms with van der Waals surface area (Å²) in [6.07, 6.45) is -4.04. The van der Waals surface area contributed by atoms with E-state index in [1.54, 1.807) is 0 Å². The lowest BCUT2D eigenvalue weighted by molar-refractivity contribution is -0.137. The number of alkyl halides is 3. The van der Waals surface area contributed by atoms with Gasteiger partial charge in [0, 0.05) is 19.0 Å². The zero-order valence-electron chi connectivity index (χ0n) is 17.6. The number of ether oxygens (including phenoxy) is 1. The van der Waals surface area contributed by atoms with Crippen LogP contribution < -0.4 is 10.1 Å². The largest absolute Gasteiger partial charge is 0.491 e. The molecule has 1 N–H and O–H groups in total. The molecular weight excluding hydrogens is 445 g/mol. The monoisotopic (exact) mass is 470 g/mol. The number of carbonyl (C=O) groups is 1. The predicted octanol–water partition coefficient (Wildman–Crippen LogP) is 3.61. The number of carbonyl (C=O) groups excluding carboxylic acids is 1. The maximum atomic E-state index is 12.9. The molecule has 0 saturated carbocycles. The number of benzene rings is 2. The normalized spacial score (nSPS) is 16.0. The van der Waals surface area contributed by atoms with Gasteiger partial charge in [-0.05, 0) is 49.6 Å². The summed E-state index contributed by atoms with van der Waals surface area (Å²) < 4.78 is 71.0. The van der Waals surface area contributed by atoms with Crippen molar-refractivity contribution in [3.8, 4) is 5.75 Å². The van der Waals surface area contributed by atoms with Gasteiger partial charge in [-0.3, -0.25) is 4.79 Å². The number of para-hydroxylation sites is 1. The molecule has 6 nitrogen and oxygen atoms in total. The molecule has 1 fully saturated rings. The predicted molar refractivity (Wildman–Crippen MR) is 113 cm³/mol. The number of hydrogen-bond acceptors (Lipinski definition) is 4. The van der Waals surface area contributed by atoms with Crippen molar-refractivity contribution >= 4 is 15.9 Å². The molecule has 0 spiro atoms. The molecule has 1 amide bonds. The Morgan fingerprint density at radius 1 is 1.12 bits per heavy atom. The average Bonchev–Trinajstić information content (AvgIpc) is 2.77. The van der Waals surface area contributed by atoms with Crippen LogP contribution in [-0.2, 0) is 21.0 Å². The Bertz CT molecular complexity index is 1050. The van der Waals surface area contributed by atoms with Crippen LogP contribution in [-0.4, -0.2) is 44.9 Å². The summed E-state index contributed by atoms with van der Waals surface area (Å²) in [6, 6.07) is 11.2. The minimum atomic E-state index is -4.63.